The van der Waals surface area contributed by atoms with Crippen LogP contribution in [0.2, 0.25) is 0 Å². The Bertz CT molecular complexity index is 507. The number of halogens is 1. The Hall–Kier alpha value is -0.140. The van der Waals surface area contributed by atoms with E-state index in [1.807, 2.05) is 0 Å². The first-order valence-corrected chi connectivity index (χ1v) is 9.57. The molecule has 0 amide bonds. The lowest BCUT2D eigenvalue weighted by molar-refractivity contribution is 0.354. The summed E-state index contributed by atoms with van der Waals surface area (Å²) in [6, 6.07) is 0. The fourth-order valence-electron chi connectivity index (χ4n) is 2.33. The largest absolute Gasteiger partial charge is 0.259 e. The summed E-state index contributed by atoms with van der Waals surface area (Å²) in [4.78, 5) is 4.37. The molecule has 18 heavy (non-hydrogen) atoms. The lowest BCUT2D eigenvalue weighted by Crippen LogP contribution is -2.11. The van der Waals surface area contributed by atoms with Gasteiger partial charge < -0.3 is 0 Å². The van der Waals surface area contributed by atoms with Gasteiger partial charge in [-0.15, -0.1) is 0 Å². The molecule has 0 unspecified atom stereocenters. The normalized spacial score (nSPS) is 17.9. The van der Waals surface area contributed by atoms with Crippen molar-refractivity contribution in [3.63, 3.8) is 0 Å². The third-order valence-electron chi connectivity index (χ3n) is 3.13. The molecule has 0 aromatic carbocycles. The third kappa shape index (κ3) is 4.20. The molecule has 2 rings (SSSR count). The molecule has 0 saturated heterocycles. The van der Waals surface area contributed by atoms with Gasteiger partial charge in [-0.1, -0.05) is 43.4 Å². The van der Waals surface area contributed by atoms with Crippen molar-refractivity contribution in [3.05, 3.63) is 9.48 Å². The zero-order valence-electron chi connectivity index (χ0n) is 10.3. The predicted molar refractivity (Wildman–Crippen MR) is 78.6 cm³/mol. The molecule has 102 valence electrons. The van der Waals surface area contributed by atoms with Crippen molar-refractivity contribution >= 4 is 42.4 Å². The highest BCUT2D eigenvalue weighted by Crippen LogP contribution is 2.33. The summed E-state index contributed by atoms with van der Waals surface area (Å²) < 4.78 is 25.7. The van der Waals surface area contributed by atoms with Crippen molar-refractivity contribution in [2.45, 2.75) is 38.5 Å². The first kappa shape index (κ1) is 14.3. The molecule has 1 aliphatic rings. The van der Waals surface area contributed by atoms with Crippen LogP contribution in [0, 0.1) is 5.92 Å². The van der Waals surface area contributed by atoms with Gasteiger partial charge in [-0.2, -0.15) is 0 Å². The molecule has 0 aliphatic heterocycles. The maximum atomic E-state index is 11.2. The molecular formula is C11H17BrN2O2S2. The summed E-state index contributed by atoms with van der Waals surface area (Å²) in [7, 11) is -3.24. The van der Waals surface area contributed by atoms with E-state index in [2.05, 4.69) is 25.6 Å². The lowest BCUT2D eigenvalue weighted by atomic mass is 9.86. The monoisotopic (exact) mass is 352 g/mol. The van der Waals surface area contributed by atoms with Crippen LogP contribution in [0.1, 0.15) is 37.8 Å². The maximum absolute atomic E-state index is 11.2. The van der Waals surface area contributed by atoms with E-state index >= 15 is 0 Å². The van der Waals surface area contributed by atoms with Gasteiger partial charge in [0.25, 0.3) is 0 Å². The molecule has 1 aliphatic carbocycles. The fourth-order valence-corrected chi connectivity index (χ4v) is 4.59. The summed E-state index contributed by atoms with van der Waals surface area (Å²) in [5, 5.41) is 0.454. The van der Waals surface area contributed by atoms with Crippen LogP contribution in [0.25, 0.3) is 0 Å². The van der Waals surface area contributed by atoms with Gasteiger partial charge in [0.1, 0.15) is 0 Å². The minimum atomic E-state index is -3.24. The zero-order chi connectivity index (χ0) is 13.2. The summed E-state index contributed by atoms with van der Waals surface area (Å²) >= 11 is 4.82. The van der Waals surface area contributed by atoms with Crippen LogP contribution in [0.3, 0.4) is 0 Å². The number of nitrogens with zero attached hydrogens (tertiary/aromatic N) is 1. The van der Waals surface area contributed by atoms with E-state index in [4.69, 9.17) is 0 Å². The lowest BCUT2D eigenvalue weighted by Gasteiger charge is -2.20. The highest BCUT2D eigenvalue weighted by molar-refractivity contribution is 9.11. The van der Waals surface area contributed by atoms with Gasteiger partial charge in [-0.05, 0) is 28.3 Å². The Labute approximate surface area is 120 Å². The van der Waals surface area contributed by atoms with Gasteiger partial charge in [0.2, 0.25) is 10.0 Å². The fraction of sp³-hybridized carbons (Fsp3) is 0.727. The van der Waals surface area contributed by atoms with Crippen molar-refractivity contribution in [3.8, 4) is 0 Å². The third-order valence-corrected chi connectivity index (χ3v) is 5.57. The molecule has 1 fully saturated rings. The van der Waals surface area contributed by atoms with Crippen molar-refractivity contribution in [1.82, 2.24) is 4.98 Å². The molecule has 1 aromatic rings. The Morgan fingerprint density at radius 1 is 1.39 bits per heavy atom. The average molecular weight is 353 g/mol. The second-order valence-corrected chi connectivity index (χ2v) is 8.89. The van der Waals surface area contributed by atoms with Crippen LogP contribution in [0.15, 0.2) is 3.79 Å². The van der Waals surface area contributed by atoms with Crippen LogP contribution in [-0.4, -0.2) is 19.7 Å². The van der Waals surface area contributed by atoms with E-state index in [9.17, 15) is 8.42 Å². The summed E-state index contributed by atoms with van der Waals surface area (Å²) in [5.74, 6) is 0.697. The van der Waals surface area contributed by atoms with Gasteiger partial charge in [0.15, 0.2) is 5.13 Å². The molecule has 0 atom stereocenters. The number of rotatable bonds is 4. The highest BCUT2D eigenvalue weighted by Gasteiger charge is 2.18. The molecular weight excluding hydrogens is 336 g/mol. The molecule has 1 heterocycles. The number of hydrogen-bond donors (Lipinski definition) is 1. The molecule has 0 bridgehead atoms. The highest BCUT2D eigenvalue weighted by atomic mass is 79.9. The van der Waals surface area contributed by atoms with Crippen LogP contribution < -0.4 is 4.72 Å². The van der Waals surface area contributed by atoms with Crippen LogP contribution >= 0.6 is 27.3 Å². The second kappa shape index (κ2) is 5.88. The molecule has 0 spiro atoms. The predicted octanol–water partition coefficient (Wildman–Crippen LogP) is 3.40. The van der Waals surface area contributed by atoms with Crippen molar-refractivity contribution in [2.24, 2.45) is 5.92 Å². The van der Waals surface area contributed by atoms with Gasteiger partial charge in [-0.3, -0.25) is 4.72 Å². The zero-order valence-corrected chi connectivity index (χ0v) is 13.5. The first-order valence-electron chi connectivity index (χ1n) is 6.07. The van der Waals surface area contributed by atoms with Gasteiger partial charge >= 0.3 is 0 Å². The van der Waals surface area contributed by atoms with Crippen molar-refractivity contribution in [1.29, 1.82) is 0 Å². The molecule has 1 aromatic heterocycles. The van der Waals surface area contributed by atoms with Gasteiger partial charge in [-0.25, -0.2) is 13.4 Å². The number of thiazole rings is 1. The summed E-state index contributed by atoms with van der Waals surface area (Å²) in [6.07, 6.45) is 8.57. The Morgan fingerprint density at radius 2 is 2.06 bits per heavy atom. The van der Waals surface area contributed by atoms with Crippen LogP contribution in [-0.2, 0) is 16.4 Å². The standard InChI is InChI=1S/C11H17BrN2O2S2/c1-18(15,16)14-11-13-9(10(12)17-11)7-8-5-3-2-4-6-8/h8H,2-7H2,1H3,(H,13,14). The minimum absolute atomic E-state index is 0.454. The average Bonchev–Trinajstić information content (AvgIpc) is 2.58. The van der Waals surface area contributed by atoms with E-state index in [0.29, 0.717) is 11.0 Å². The Kier molecular flexibility index (Phi) is 4.66. The van der Waals surface area contributed by atoms with E-state index in [1.165, 1.54) is 43.4 Å². The van der Waals surface area contributed by atoms with E-state index in [0.717, 1.165) is 22.2 Å². The molecule has 7 heteroatoms. The molecule has 0 radical (unpaired) electrons. The van der Waals surface area contributed by atoms with Crippen molar-refractivity contribution in [2.75, 3.05) is 11.0 Å². The molecule has 4 nitrogen and oxygen atoms in total. The SMILES string of the molecule is CS(=O)(=O)Nc1nc(CC2CCCCC2)c(Br)s1. The Balaban J connectivity index is 2.04. The Morgan fingerprint density at radius 3 is 2.67 bits per heavy atom. The number of hydrogen-bond acceptors (Lipinski definition) is 4. The number of anilines is 1. The quantitative estimate of drug-likeness (QED) is 0.903. The number of sulfonamides is 1. The van der Waals surface area contributed by atoms with E-state index in [1.54, 1.807) is 0 Å². The number of aromatic nitrogens is 1. The number of nitrogens with one attached hydrogen (secondary N) is 1. The topological polar surface area (TPSA) is 59.1 Å². The van der Waals surface area contributed by atoms with E-state index < -0.39 is 10.0 Å². The molecule has 1 saturated carbocycles. The van der Waals surface area contributed by atoms with Crippen LogP contribution in [0.4, 0.5) is 5.13 Å². The maximum Gasteiger partial charge on any atom is 0.231 e. The van der Waals surface area contributed by atoms with Crippen LogP contribution in [0.5, 0.6) is 0 Å². The van der Waals surface area contributed by atoms with E-state index in [-0.39, 0.29) is 0 Å². The summed E-state index contributed by atoms with van der Waals surface area (Å²) in [6.45, 7) is 0. The minimum Gasteiger partial charge on any atom is -0.259 e. The van der Waals surface area contributed by atoms with Gasteiger partial charge in [0.05, 0.1) is 15.7 Å². The van der Waals surface area contributed by atoms with Crippen molar-refractivity contribution < 1.29 is 8.42 Å². The summed E-state index contributed by atoms with van der Waals surface area (Å²) in [5.41, 5.74) is 0.984. The second-order valence-electron chi connectivity index (χ2n) is 4.82. The molecule has 1 N–H and O–H groups in total. The van der Waals surface area contributed by atoms with Gasteiger partial charge in [0, 0.05) is 0 Å². The smallest absolute Gasteiger partial charge is 0.231 e. The first-order chi connectivity index (χ1) is 8.44.